The summed E-state index contributed by atoms with van der Waals surface area (Å²) in [6, 6.07) is 11.0. The maximum absolute atomic E-state index is 12.3. The Kier molecular flexibility index (Phi) is 3.79. The monoisotopic (exact) mass is 306 g/mol. The topological polar surface area (TPSA) is 26.3 Å². The minimum Gasteiger partial charge on any atom is -0.372 e. The van der Waals surface area contributed by atoms with Crippen LogP contribution in [0, 0.1) is 0 Å². The van der Waals surface area contributed by atoms with Gasteiger partial charge in [-0.15, -0.1) is 0 Å². The number of ether oxygens (including phenoxy) is 1. The van der Waals surface area contributed by atoms with Crippen LogP contribution in [0.4, 0.5) is 0 Å². The molecule has 0 saturated carbocycles. The summed E-state index contributed by atoms with van der Waals surface area (Å²) in [7, 11) is 0. The van der Waals surface area contributed by atoms with Crippen LogP contribution < -0.4 is 0 Å². The summed E-state index contributed by atoms with van der Waals surface area (Å²) >= 11 is 12.1. The van der Waals surface area contributed by atoms with Crippen LogP contribution in [0.3, 0.4) is 0 Å². The van der Waals surface area contributed by atoms with E-state index in [1.54, 1.807) is 12.1 Å². The lowest BCUT2D eigenvalue weighted by Crippen LogP contribution is -2.05. The fourth-order valence-corrected chi connectivity index (χ4v) is 2.69. The van der Waals surface area contributed by atoms with Crippen molar-refractivity contribution in [3.63, 3.8) is 0 Å². The second kappa shape index (κ2) is 5.57. The van der Waals surface area contributed by atoms with Gasteiger partial charge >= 0.3 is 0 Å². The Bertz CT molecular complexity index is 680. The Hall–Kier alpha value is -1.35. The molecular formula is C16H12Cl2O2. The Labute approximate surface area is 127 Å². The van der Waals surface area contributed by atoms with E-state index >= 15 is 0 Å². The lowest BCUT2D eigenvalue weighted by Gasteiger charge is -2.06. The molecule has 20 heavy (non-hydrogen) atoms. The van der Waals surface area contributed by atoms with E-state index in [9.17, 15) is 4.79 Å². The number of halogens is 2. The Morgan fingerprint density at radius 3 is 2.75 bits per heavy atom. The third-order valence-electron chi connectivity index (χ3n) is 3.43. The quantitative estimate of drug-likeness (QED) is 0.783. The molecule has 2 nitrogen and oxygen atoms in total. The highest BCUT2D eigenvalue weighted by Gasteiger charge is 2.16. The van der Waals surface area contributed by atoms with Gasteiger partial charge in [-0.1, -0.05) is 47.5 Å². The fraction of sp³-hybridized carbons (Fsp3) is 0.188. The van der Waals surface area contributed by atoms with E-state index in [0.29, 0.717) is 28.8 Å². The summed E-state index contributed by atoms with van der Waals surface area (Å²) in [4.78, 5) is 12.3. The predicted molar refractivity (Wildman–Crippen MR) is 79.4 cm³/mol. The molecule has 1 heterocycles. The molecule has 3 rings (SSSR count). The SMILES string of the molecule is O=C(Cc1cccc(Cl)c1Cl)c1ccc2c(c1)COC2. The van der Waals surface area contributed by atoms with Crippen molar-refractivity contribution < 1.29 is 9.53 Å². The standard InChI is InChI=1S/C16H12Cl2O2/c17-14-3-1-2-11(16(14)18)7-15(19)10-4-5-12-8-20-9-13(12)6-10/h1-6H,7-9H2. The molecule has 0 fully saturated rings. The number of benzene rings is 2. The molecule has 0 aliphatic carbocycles. The summed E-state index contributed by atoms with van der Waals surface area (Å²) in [6.45, 7) is 1.21. The van der Waals surface area contributed by atoms with Gasteiger partial charge in [-0.25, -0.2) is 0 Å². The molecule has 0 aromatic heterocycles. The van der Waals surface area contributed by atoms with Crippen molar-refractivity contribution in [2.24, 2.45) is 0 Å². The first-order valence-corrected chi connectivity index (χ1v) is 7.06. The van der Waals surface area contributed by atoms with Crippen molar-refractivity contribution in [1.29, 1.82) is 0 Å². The minimum atomic E-state index is 0.0314. The third kappa shape index (κ3) is 2.59. The van der Waals surface area contributed by atoms with Crippen LogP contribution in [0.5, 0.6) is 0 Å². The molecule has 1 aliphatic heterocycles. The molecule has 1 aliphatic rings. The number of carbonyl (C=O) groups excluding carboxylic acids is 1. The second-order valence-electron chi connectivity index (χ2n) is 4.79. The highest BCUT2D eigenvalue weighted by Crippen LogP contribution is 2.27. The number of carbonyl (C=O) groups is 1. The van der Waals surface area contributed by atoms with Crippen molar-refractivity contribution >= 4 is 29.0 Å². The second-order valence-corrected chi connectivity index (χ2v) is 5.57. The van der Waals surface area contributed by atoms with Crippen LogP contribution in [0.1, 0.15) is 27.0 Å². The van der Waals surface area contributed by atoms with Gasteiger partial charge < -0.3 is 4.74 Å². The highest BCUT2D eigenvalue weighted by atomic mass is 35.5. The average molecular weight is 307 g/mol. The molecule has 2 aromatic rings. The van der Waals surface area contributed by atoms with E-state index in [1.165, 1.54) is 0 Å². The van der Waals surface area contributed by atoms with Crippen molar-refractivity contribution in [1.82, 2.24) is 0 Å². The lowest BCUT2D eigenvalue weighted by molar-refractivity contribution is 0.0993. The molecule has 0 unspecified atom stereocenters. The molecule has 4 heteroatoms. The zero-order chi connectivity index (χ0) is 14.1. The van der Waals surface area contributed by atoms with Crippen LogP contribution in [-0.4, -0.2) is 5.78 Å². The predicted octanol–water partition coefficient (Wildman–Crippen LogP) is 4.45. The first kappa shape index (κ1) is 13.6. The summed E-state index contributed by atoms with van der Waals surface area (Å²) in [5.41, 5.74) is 3.68. The molecule has 0 bridgehead atoms. The molecule has 0 radical (unpaired) electrons. The zero-order valence-corrected chi connectivity index (χ0v) is 12.2. The van der Waals surface area contributed by atoms with Gasteiger partial charge in [-0.05, 0) is 28.8 Å². The molecule has 102 valence electrons. The van der Waals surface area contributed by atoms with Crippen LogP contribution in [0.2, 0.25) is 10.0 Å². The minimum absolute atomic E-state index is 0.0314. The zero-order valence-electron chi connectivity index (χ0n) is 10.7. The number of Topliss-reactive ketones (excluding diaryl/α,β-unsaturated/α-hetero) is 1. The van der Waals surface area contributed by atoms with Crippen molar-refractivity contribution in [2.75, 3.05) is 0 Å². The Morgan fingerprint density at radius 2 is 1.90 bits per heavy atom. The van der Waals surface area contributed by atoms with Crippen molar-refractivity contribution in [2.45, 2.75) is 19.6 Å². The van der Waals surface area contributed by atoms with E-state index in [4.69, 9.17) is 27.9 Å². The van der Waals surface area contributed by atoms with E-state index in [-0.39, 0.29) is 12.2 Å². The smallest absolute Gasteiger partial charge is 0.167 e. The summed E-state index contributed by atoms with van der Waals surface area (Å²) in [5.74, 6) is 0.0314. The first-order valence-electron chi connectivity index (χ1n) is 6.31. The molecule has 0 atom stereocenters. The third-order valence-corrected chi connectivity index (χ3v) is 4.28. The molecule has 0 saturated heterocycles. The van der Waals surface area contributed by atoms with Crippen LogP contribution in [-0.2, 0) is 24.4 Å². The molecular weight excluding hydrogens is 295 g/mol. The summed E-state index contributed by atoms with van der Waals surface area (Å²) in [5, 5.41) is 0.923. The lowest BCUT2D eigenvalue weighted by atomic mass is 9.99. The van der Waals surface area contributed by atoms with Gasteiger partial charge in [-0.2, -0.15) is 0 Å². The van der Waals surface area contributed by atoms with E-state index in [2.05, 4.69) is 0 Å². The van der Waals surface area contributed by atoms with Gasteiger partial charge in [0.1, 0.15) is 0 Å². The number of rotatable bonds is 3. The van der Waals surface area contributed by atoms with Crippen LogP contribution in [0.15, 0.2) is 36.4 Å². The average Bonchev–Trinajstić information content (AvgIpc) is 2.91. The van der Waals surface area contributed by atoms with E-state index < -0.39 is 0 Å². The maximum Gasteiger partial charge on any atom is 0.167 e. The van der Waals surface area contributed by atoms with Gasteiger partial charge in [-0.3, -0.25) is 4.79 Å². The molecule has 0 amide bonds. The number of ketones is 1. The maximum atomic E-state index is 12.3. The van der Waals surface area contributed by atoms with Crippen LogP contribution in [0.25, 0.3) is 0 Å². The number of fused-ring (bicyclic) bond motifs is 1. The normalized spacial score (nSPS) is 13.3. The van der Waals surface area contributed by atoms with Crippen LogP contribution >= 0.6 is 23.2 Å². The van der Waals surface area contributed by atoms with Crippen molar-refractivity contribution in [3.05, 3.63) is 68.7 Å². The molecule has 2 aromatic carbocycles. The summed E-state index contributed by atoms with van der Waals surface area (Å²) < 4.78 is 5.35. The van der Waals surface area contributed by atoms with Crippen molar-refractivity contribution in [3.8, 4) is 0 Å². The van der Waals surface area contributed by atoms with Gasteiger partial charge in [0.05, 0.1) is 23.3 Å². The highest BCUT2D eigenvalue weighted by molar-refractivity contribution is 6.42. The van der Waals surface area contributed by atoms with Gasteiger partial charge in [0.15, 0.2) is 5.78 Å². The largest absolute Gasteiger partial charge is 0.372 e. The Morgan fingerprint density at radius 1 is 1.10 bits per heavy atom. The number of hydrogen-bond donors (Lipinski definition) is 0. The van der Waals surface area contributed by atoms with Gasteiger partial charge in [0.2, 0.25) is 0 Å². The molecule has 0 spiro atoms. The van der Waals surface area contributed by atoms with Gasteiger partial charge in [0, 0.05) is 12.0 Å². The Balaban J connectivity index is 1.84. The fourth-order valence-electron chi connectivity index (χ4n) is 2.31. The molecule has 0 N–H and O–H groups in total. The van der Waals surface area contributed by atoms with Gasteiger partial charge in [0.25, 0.3) is 0 Å². The first-order chi connectivity index (χ1) is 9.65. The number of hydrogen-bond acceptors (Lipinski definition) is 2. The van der Waals surface area contributed by atoms with E-state index in [1.807, 2.05) is 24.3 Å². The van der Waals surface area contributed by atoms with E-state index in [0.717, 1.165) is 16.7 Å². The summed E-state index contributed by atoms with van der Waals surface area (Å²) in [6.07, 6.45) is 0.249.